The van der Waals surface area contributed by atoms with Gasteiger partial charge in [0.1, 0.15) is 0 Å². The molecule has 18 heavy (non-hydrogen) atoms. The minimum atomic E-state index is 1.06. The number of benzene rings is 1. The lowest BCUT2D eigenvalue weighted by atomic mass is 10.1. The highest BCUT2D eigenvalue weighted by atomic mass is 14.0. The Morgan fingerprint density at radius 2 is 1.61 bits per heavy atom. The van der Waals surface area contributed by atoms with Gasteiger partial charge < -0.3 is 0 Å². The summed E-state index contributed by atoms with van der Waals surface area (Å²) in [4.78, 5) is 0. The molecule has 2 aromatic rings. The predicted molar refractivity (Wildman–Crippen MR) is 81.8 cm³/mol. The Hall–Kier alpha value is -2.08. The van der Waals surface area contributed by atoms with Gasteiger partial charge in [-0.1, -0.05) is 61.2 Å². The van der Waals surface area contributed by atoms with E-state index in [1.54, 1.807) is 0 Å². The molecule has 0 heteroatoms. The maximum atomic E-state index is 4.13. The third kappa shape index (κ3) is 2.78. The lowest BCUT2D eigenvalue weighted by Crippen LogP contribution is -2.00. The van der Waals surface area contributed by atoms with Crippen molar-refractivity contribution in [3.8, 4) is 0 Å². The van der Waals surface area contributed by atoms with Crippen molar-refractivity contribution in [2.45, 2.75) is 13.8 Å². The number of allylic oxidation sites excluding steroid dienone is 1. The van der Waals surface area contributed by atoms with E-state index in [0.717, 1.165) is 5.22 Å². The van der Waals surface area contributed by atoms with Gasteiger partial charge in [0.05, 0.1) is 0 Å². The van der Waals surface area contributed by atoms with Gasteiger partial charge in [-0.25, -0.2) is 0 Å². The Kier molecular flexibility index (Phi) is 3.78. The molecule has 0 fully saturated rings. The maximum Gasteiger partial charge on any atom is -0.0225 e. The molecule has 0 nitrogen and oxygen atoms in total. The van der Waals surface area contributed by atoms with Crippen LogP contribution in [0.3, 0.4) is 0 Å². The minimum absolute atomic E-state index is 1.06. The molecule has 0 spiro atoms. The summed E-state index contributed by atoms with van der Waals surface area (Å²) in [5.74, 6) is 0. The molecule has 0 unspecified atom stereocenters. The molecular formula is C18H18. The molecule has 2 bridgehead atoms. The molecule has 0 amide bonds. The quantitative estimate of drug-likeness (QED) is 0.684. The molecule has 0 aliphatic rings. The fraction of sp³-hybridized carbons (Fsp3) is 0.111. The van der Waals surface area contributed by atoms with Crippen LogP contribution in [0.25, 0.3) is 23.4 Å². The van der Waals surface area contributed by atoms with Gasteiger partial charge in [0.2, 0.25) is 0 Å². The van der Waals surface area contributed by atoms with Gasteiger partial charge in [-0.05, 0) is 47.0 Å². The van der Waals surface area contributed by atoms with Crippen molar-refractivity contribution in [2.24, 2.45) is 0 Å². The Labute approximate surface area is 109 Å². The van der Waals surface area contributed by atoms with E-state index in [1.807, 2.05) is 6.92 Å². The van der Waals surface area contributed by atoms with Gasteiger partial charge in [0, 0.05) is 0 Å². The summed E-state index contributed by atoms with van der Waals surface area (Å²) in [5.41, 5.74) is 2.42. The fourth-order valence-electron chi connectivity index (χ4n) is 1.94. The first kappa shape index (κ1) is 12.4. The van der Waals surface area contributed by atoms with Crippen LogP contribution in [0.15, 0.2) is 54.6 Å². The summed E-state index contributed by atoms with van der Waals surface area (Å²) < 4.78 is 0. The van der Waals surface area contributed by atoms with Gasteiger partial charge in [0.25, 0.3) is 0 Å². The summed E-state index contributed by atoms with van der Waals surface area (Å²) in [7, 11) is 0. The van der Waals surface area contributed by atoms with Crippen LogP contribution in [0, 0.1) is 6.92 Å². The predicted octanol–water partition coefficient (Wildman–Crippen LogP) is 4.43. The van der Waals surface area contributed by atoms with Gasteiger partial charge in [-0.2, -0.15) is 0 Å². The molecule has 0 aliphatic carbocycles. The van der Waals surface area contributed by atoms with Crippen LogP contribution in [-0.4, -0.2) is 0 Å². The largest absolute Gasteiger partial charge is 0.0915 e. The highest BCUT2D eigenvalue weighted by molar-refractivity contribution is 5.67. The Balaban J connectivity index is 2.87. The highest BCUT2D eigenvalue weighted by Gasteiger charge is 1.91. The van der Waals surface area contributed by atoms with Crippen molar-refractivity contribution >= 4 is 23.4 Å². The molecular weight excluding hydrogens is 216 g/mol. The molecule has 0 aliphatic heterocycles. The molecule has 0 radical (unpaired) electrons. The van der Waals surface area contributed by atoms with E-state index in [0.29, 0.717) is 0 Å². The van der Waals surface area contributed by atoms with Gasteiger partial charge >= 0.3 is 0 Å². The molecule has 0 saturated carbocycles. The number of hydrogen-bond donors (Lipinski definition) is 0. The van der Waals surface area contributed by atoms with Crippen LogP contribution in [0.2, 0.25) is 0 Å². The molecule has 0 heterocycles. The Morgan fingerprint density at radius 1 is 0.944 bits per heavy atom. The zero-order valence-corrected chi connectivity index (χ0v) is 11.0. The van der Waals surface area contributed by atoms with Gasteiger partial charge in [-0.15, -0.1) is 0 Å². The topological polar surface area (TPSA) is 0 Å². The van der Waals surface area contributed by atoms with Crippen molar-refractivity contribution in [2.75, 3.05) is 0 Å². The second-order valence-corrected chi connectivity index (χ2v) is 4.44. The lowest BCUT2D eigenvalue weighted by Gasteiger charge is -1.98. The molecule has 0 N–H and O–H groups in total. The van der Waals surface area contributed by atoms with E-state index < -0.39 is 0 Å². The maximum absolute atomic E-state index is 4.13. The first-order valence-electron chi connectivity index (χ1n) is 6.20. The average Bonchev–Trinajstić information content (AvgIpc) is 2.39. The standard InChI is InChI=1S/C18H18/c1-4-6-18-12-11-17-8-5-7-16(13-17)10-9-14(2)15(18)3/h4-13H,2H2,1,3H3/b6-4-,10-9?,12-11?,18-15?. The van der Waals surface area contributed by atoms with Crippen molar-refractivity contribution in [1.82, 2.24) is 0 Å². The zero-order chi connectivity index (χ0) is 13.0. The first-order chi connectivity index (χ1) is 8.70. The van der Waals surface area contributed by atoms with Crippen molar-refractivity contribution < 1.29 is 0 Å². The Morgan fingerprint density at radius 3 is 2.28 bits per heavy atom. The fourth-order valence-corrected chi connectivity index (χ4v) is 1.94. The summed E-state index contributed by atoms with van der Waals surface area (Å²) in [6, 6.07) is 17.0. The van der Waals surface area contributed by atoms with E-state index in [2.05, 4.69) is 74.2 Å². The third-order valence-corrected chi connectivity index (χ3v) is 3.10. The molecule has 0 aromatic heterocycles. The van der Waals surface area contributed by atoms with E-state index >= 15 is 0 Å². The summed E-state index contributed by atoms with van der Waals surface area (Å²) >= 11 is 0. The van der Waals surface area contributed by atoms with Gasteiger partial charge in [-0.3, -0.25) is 0 Å². The molecule has 90 valence electrons. The smallest absolute Gasteiger partial charge is 0.0225 e. The van der Waals surface area contributed by atoms with Crippen LogP contribution >= 0.6 is 0 Å². The highest BCUT2D eigenvalue weighted by Crippen LogP contribution is 2.09. The number of hydrogen-bond acceptors (Lipinski definition) is 0. The molecule has 0 saturated heterocycles. The minimum Gasteiger partial charge on any atom is -0.0915 e. The summed E-state index contributed by atoms with van der Waals surface area (Å²) in [6.07, 6.45) is 4.18. The van der Waals surface area contributed by atoms with E-state index in [9.17, 15) is 0 Å². The molecule has 0 atom stereocenters. The van der Waals surface area contributed by atoms with Crippen LogP contribution < -0.4 is 5.22 Å². The third-order valence-electron chi connectivity index (χ3n) is 3.10. The number of rotatable bonds is 1. The van der Waals surface area contributed by atoms with E-state index in [1.165, 1.54) is 21.9 Å². The summed E-state index contributed by atoms with van der Waals surface area (Å²) in [6.45, 7) is 8.28. The van der Waals surface area contributed by atoms with Crippen LogP contribution in [0.5, 0.6) is 0 Å². The normalized spacial score (nSPS) is 10.8. The van der Waals surface area contributed by atoms with Crippen molar-refractivity contribution in [1.29, 1.82) is 0 Å². The van der Waals surface area contributed by atoms with Crippen molar-refractivity contribution in [3.05, 3.63) is 71.0 Å². The zero-order valence-electron chi connectivity index (χ0n) is 11.0. The number of fused-ring (bicyclic) bond motifs is 2. The first-order valence-corrected chi connectivity index (χ1v) is 6.20. The van der Waals surface area contributed by atoms with Crippen LogP contribution in [-0.2, 0) is 0 Å². The second kappa shape index (κ2) is 5.50. The average molecular weight is 234 g/mol. The molecule has 2 aromatic carbocycles. The van der Waals surface area contributed by atoms with Crippen LogP contribution in [0.1, 0.15) is 18.1 Å². The van der Waals surface area contributed by atoms with E-state index in [4.69, 9.17) is 0 Å². The monoisotopic (exact) mass is 234 g/mol. The molecule has 2 rings (SSSR count). The van der Waals surface area contributed by atoms with Crippen molar-refractivity contribution in [3.63, 3.8) is 0 Å². The Bertz CT molecular complexity index is 677. The summed E-state index contributed by atoms with van der Waals surface area (Å²) in [5, 5.41) is 3.49. The van der Waals surface area contributed by atoms with Gasteiger partial charge in [0.15, 0.2) is 0 Å². The van der Waals surface area contributed by atoms with E-state index in [-0.39, 0.29) is 0 Å². The lowest BCUT2D eigenvalue weighted by molar-refractivity contribution is 1.42. The second-order valence-electron chi connectivity index (χ2n) is 4.44. The SMILES string of the molecule is C=c1ccc2cccc(ccc(/C=C\C)c1C)c2. The van der Waals surface area contributed by atoms with Crippen LogP contribution in [0.4, 0.5) is 0 Å².